The lowest BCUT2D eigenvalue weighted by Crippen LogP contribution is -2.51. The summed E-state index contributed by atoms with van der Waals surface area (Å²) in [6.07, 6.45) is 3.12. The first-order valence-corrected chi connectivity index (χ1v) is 8.45. The first-order chi connectivity index (χ1) is 12.0. The number of benzene rings is 1. The number of hydrogen-bond donors (Lipinski definition) is 2. The van der Waals surface area contributed by atoms with Crippen LogP contribution in [-0.4, -0.2) is 39.9 Å². The second kappa shape index (κ2) is 5.61. The zero-order valence-corrected chi connectivity index (χ0v) is 14.2. The number of rotatable bonds is 2. The van der Waals surface area contributed by atoms with E-state index in [0.717, 1.165) is 29.7 Å². The smallest absolute Gasteiger partial charge is 0.411 e. The molecule has 2 aliphatic rings. The number of aromatic amines is 1. The molecule has 1 atom stereocenters. The van der Waals surface area contributed by atoms with Crippen LogP contribution in [0.15, 0.2) is 24.4 Å². The van der Waals surface area contributed by atoms with Gasteiger partial charge in [-0.3, -0.25) is 14.8 Å². The summed E-state index contributed by atoms with van der Waals surface area (Å²) in [5.41, 5.74) is 4.13. The highest BCUT2D eigenvalue weighted by atomic mass is 16.4. The number of carboxylic acid groups (broad SMARTS) is 1. The zero-order chi connectivity index (χ0) is 17.7. The highest BCUT2D eigenvalue weighted by Crippen LogP contribution is 2.45. The quantitative estimate of drug-likeness (QED) is 0.878. The van der Waals surface area contributed by atoms with Gasteiger partial charge >= 0.3 is 6.09 Å². The molecule has 2 aromatic rings. The number of anilines is 2. The fourth-order valence-electron chi connectivity index (χ4n) is 3.65. The molecule has 2 amide bonds. The molecular weight excluding hydrogens is 320 g/mol. The summed E-state index contributed by atoms with van der Waals surface area (Å²) in [6.45, 7) is 3.62. The fourth-order valence-corrected chi connectivity index (χ4v) is 3.65. The monoisotopic (exact) mass is 340 g/mol. The Balaban J connectivity index is 1.84. The number of carbonyl (C=O) groups excluding carboxylic acids is 1. The molecule has 1 aromatic heterocycles. The maximum absolute atomic E-state index is 12.1. The number of aromatic nitrogens is 2. The average molecular weight is 340 g/mol. The third-order valence-corrected chi connectivity index (χ3v) is 4.93. The van der Waals surface area contributed by atoms with E-state index < -0.39 is 6.09 Å². The molecule has 0 spiro atoms. The molecule has 1 saturated carbocycles. The number of hydrogen-bond acceptors (Lipinski definition) is 3. The topological polar surface area (TPSA) is 89.5 Å². The molecule has 130 valence electrons. The van der Waals surface area contributed by atoms with E-state index in [1.165, 1.54) is 11.8 Å². The maximum atomic E-state index is 12.1. The van der Waals surface area contributed by atoms with Gasteiger partial charge in [0.1, 0.15) is 0 Å². The van der Waals surface area contributed by atoms with Crippen molar-refractivity contribution in [2.24, 2.45) is 0 Å². The Morgan fingerprint density at radius 3 is 2.68 bits per heavy atom. The van der Waals surface area contributed by atoms with Gasteiger partial charge in [-0.25, -0.2) is 4.79 Å². The second-order valence-corrected chi connectivity index (χ2v) is 6.79. The lowest BCUT2D eigenvalue weighted by atomic mass is 10.00. The SMILES string of the molecule is CC(=O)N1c2ccc(-c3c[nH]nc3C3CC3)cc2N(C(=O)O)C[C@@H]1C. The number of carbonyl (C=O) groups is 2. The van der Waals surface area contributed by atoms with E-state index in [9.17, 15) is 14.7 Å². The van der Waals surface area contributed by atoms with Crippen LogP contribution in [0.5, 0.6) is 0 Å². The van der Waals surface area contributed by atoms with Crippen LogP contribution in [0.3, 0.4) is 0 Å². The lowest BCUT2D eigenvalue weighted by molar-refractivity contribution is -0.117. The van der Waals surface area contributed by atoms with Crippen molar-refractivity contribution >= 4 is 23.4 Å². The molecule has 0 saturated heterocycles. The molecule has 2 heterocycles. The number of H-pyrrole nitrogens is 1. The molecule has 1 fully saturated rings. The standard InChI is InChI=1S/C18H20N4O3/c1-10-9-21(18(24)25)16-7-13(5-6-15(16)22(10)11(2)23)14-8-19-20-17(14)12-3-4-12/h5-8,10,12H,3-4,9H2,1-2H3,(H,19,20)(H,24,25)/t10-/m0/s1. The minimum Gasteiger partial charge on any atom is -0.465 e. The van der Waals surface area contributed by atoms with Crippen molar-refractivity contribution in [2.75, 3.05) is 16.3 Å². The van der Waals surface area contributed by atoms with Crippen LogP contribution in [-0.2, 0) is 4.79 Å². The van der Waals surface area contributed by atoms with Crippen LogP contribution in [0.4, 0.5) is 16.2 Å². The molecule has 1 aromatic carbocycles. The van der Waals surface area contributed by atoms with E-state index >= 15 is 0 Å². The van der Waals surface area contributed by atoms with Crippen LogP contribution in [0.1, 0.15) is 38.3 Å². The highest BCUT2D eigenvalue weighted by molar-refractivity contribution is 6.02. The molecule has 1 aliphatic carbocycles. The van der Waals surface area contributed by atoms with Gasteiger partial charge in [0, 0.05) is 31.1 Å². The molecule has 25 heavy (non-hydrogen) atoms. The molecule has 1 aliphatic heterocycles. The van der Waals surface area contributed by atoms with Gasteiger partial charge in [-0.1, -0.05) is 6.07 Å². The summed E-state index contributed by atoms with van der Waals surface area (Å²) >= 11 is 0. The molecule has 7 heteroatoms. The van der Waals surface area contributed by atoms with Crippen molar-refractivity contribution < 1.29 is 14.7 Å². The lowest BCUT2D eigenvalue weighted by Gasteiger charge is -2.39. The van der Waals surface area contributed by atoms with Crippen LogP contribution >= 0.6 is 0 Å². The van der Waals surface area contributed by atoms with Crippen LogP contribution in [0, 0.1) is 0 Å². The Morgan fingerprint density at radius 1 is 1.28 bits per heavy atom. The summed E-state index contributed by atoms with van der Waals surface area (Å²) < 4.78 is 0. The van der Waals surface area contributed by atoms with Crippen LogP contribution < -0.4 is 9.80 Å². The molecule has 0 bridgehead atoms. The molecule has 0 radical (unpaired) electrons. The summed E-state index contributed by atoms with van der Waals surface area (Å²) in [4.78, 5) is 26.8. The van der Waals surface area contributed by atoms with Crippen LogP contribution in [0.25, 0.3) is 11.1 Å². The minimum absolute atomic E-state index is 0.0893. The van der Waals surface area contributed by atoms with Gasteiger partial charge in [0.2, 0.25) is 5.91 Å². The van der Waals surface area contributed by atoms with E-state index in [0.29, 0.717) is 17.3 Å². The third kappa shape index (κ3) is 2.56. The molecular formula is C18H20N4O3. The first kappa shape index (κ1) is 15.7. The van der Waals surface area contributed by atoms with E-state index in [1.807, 2.05) is 31.3 Å². The number of amides is 2. The summed E-state index contributed by atoms with van der Waals surface area (Å²) in [5, 5.41) is 16.9. The zero-order valence-electron chi connectivity index (χ0n) is 14.2. The predicted molar refractivity (Wildman–Crippen MR) is 94.0 cm³/mol. The summed E-state index contributed by atoms with van der Waals surface area (Å²) in [6, 6.07) is 5.41. The van der Waals surface area contributed by atoms with Gasteiger partial charge in [-0.2, -0.15) is 5.10 Å². The number of nitrogens with zero attached hydrogens (tertiary/aromatic N) is 3. The van der Waals surface area contributed by atoms with E-state index in [1.54, 1.807) is 4.90 Å². The minimum atomic E-state index is -1.01. The van der Waals surface area contributed by atoms with Gasteiger partial charge in [-0.05, 0) is 37.5 Å². The Kier molecular flexibility index (Phi) is 3.52. The van der Waals surface area contributed by atoms with Gasteiger partial charge in [-0.15, -0.1) is 0 Å². The largest absolute Gasteiger partial charge is 0.465 e. The molecule has 4 rings (SSSR count). The van der Waals surface area contributed by atoms with Gasteiger partial charge < -0.3 is 10.0 Å². The molecule has 2 N–H and O–H groups in total. The highest BCUT2D eigenvalue weighted by Gasteiger charge is 2.34. The fraction of sp³-hybridized carbons (Fsp3) is 0.389. The number of fused-ring (bicyclic) bond motifs is 1. The summed E-state index contributed by atoms with van der Waals surface area (Å²) in [7, 11) is 0. The van der Waals surface area contributed by atoms with Gasteiger partial charge in [0.15, 0.2) is 0 Å². The Bertz CT molecular complexity index is 856. The van der Waals surface area contributed by atoms with Crippen molar-refractivity contribution in [3.8, 4) is 11.1 Å². The Labute approximate surface area is 145 Å². The average Bonchev–Trinajstić information content (AvgIpc) is 3.30. The van der Waals surface area contributed by atoms with Crippen molar-refractivity contribution in [3.05, 3.63) is 30.1 Å². The van der Waals surface area contributed by atoms with Crippen LogP contribution in [0.2, 0.25) is 0 Å². The van der Waals surface area contributed by atoms with Crippen molar-refractivity contribution in [1.82, 2.24) is 10.2 Å². The van der Waals surface area contributed by atoms with Crippen molar-refractivity contribution in [3.63, 3.8) is 0 Å². The van der Waals surface area contributed by atoms with Crippen molar-refractivity contribution in [2.45, 2.75) is 38.6 Å². The van der Waals surface area contributed by atoms with Gasteiger partial charge in [0.05, 0.1) is 23.1 Å². The second-order valence-electron chi connectivity index (χ2n) is 6.79. The summed E-state index contributed by atoms with van der Waals surface area (Å²) in [5.74, 6) is 0.398. The molecule has 7 nitrogen and oxygen atoms in total. The van der Waals surface area contributed by atoms with E-state index in [2.05, 4.69) is 10.2 Å². The molecule has 0 unspecified atom stereocenters. The maximum Gasteiger partial charge on any atom is 0.411 e. The first-order valence-electron chi connectivity index (χ1n) is 8.45. The van der Waals surface area contributed by atoms with E-state index in [-0.39, 0.29) is 18.5 Å². The van der Waals surface area contributed by atoms with Crippen molar-refractivity contribution in [1.29, 1.82) is 0 Å². The normalized spacial score (nSPS) is 19.7. The Morgan fingerprint density at radius 2 is 2.04 bits per heavy atom. The number of nitrogens with one attached hydrogen (secondary N) is 1. The predicted octanol–water partition coefficient (Wildman–Crippen LogP) is 3.19. The van der Waals surface area contributed by atoms with E-state index in [4.69, 9.17) is 0 Å². The van der Waals surface area contributed by atoms with Gasteiger partial charge in [0.25, 0.3) is 0 Å². The third-order valence-electron chi connectivity index (χ3n) is 4.93. The Hall–Kier alpha value is -2.83.